The Morgan fingerprint density at radius 3 is 2.88 bits per heavy atom. The molecule has 16 heavy (non-hydrogen) atoms. The Bertz CT molecular complexity index is 747. The predicted molar refractivity (Wildman–Crippen MR) is 60.6 cm³/mol. The normalized spacial score (nSPS) is 11.0. The molecule has 0 saturated heterocycles. The Balaban J connectivity index is 2.65. The van der Waals surface area contributed by atoms with E-state index in [0.29, 0.717) is 5.65 Å². The third-order valence-electron chi connectivity index (χ3n) is 2.54. The molecule has 4 heteroatoms. The first-order chi connectivity index (χ1) is 7.75. The lowest BCUT2D eigenvalue weighted by molar-refractivity contribution is 0.453. The van der Waals surface area contributed by atoms with Crippen LogP contribution in [0.1, 0.15) is 0 Å². The van der Waals surface area contributed by atoms with Crippen molar-refractivity contribution in [3.63, 3.8) is 0 Å². The van der Waals surface area contributed by atoms with Crippen LogP contribution in [0.5, 0.6) is 5.88 Å². The summed E-state index contributed by atoms with van der Waals surface area (Å²) in [6.07, 6.45) is 1.66. The van der Waals surface area contributed by atoms with Gasteiger partial charge in [0.2, 0.25) is 5.88 Å². The summed E-state index contributed by atoms with van der Waals surface area (Å²) in [5.41, 5.74) is 0.191. The van der Waals surface area contributed by atoms with Gasteiger partial charge in [-0.05, 0) is 11.5 Å². The highest BCUT2D eigenvalue weighted by atomic mass is 16.3. The molecule has 1 aromatic carbocycles. The number of rotatable bonds is 0. The van der Waals surface area contributed by atoms with Crippen LogP contribution < -0.4 is 5.56 Å². The molecular weight excluding hydrogens is 204 g/mol. The second-order valence-corrected chi connectivity index (χ2v) is 3.55. The highest BCUT2D eigenvalue weighted by Crippen LogP contribution is 2.17. The monoisotopic (exact) mass is 212 g/mol. The van der Waals surface area contributed by atoms with Gasteiger partial charge in [0, 0.05) is 11.6 Å². The molecule has 0 aliphatic heterocycles. The van der Waals surface area contributed by atoms with Crippen molar-refractivity contribution in [3.05, 3.63) is 52.9 Å². The van der Waals surface area contributed by atoms with Crippen LogP contribution in [0.2, 0.25) is 0 Å². The maximum Gasteiger partial charge on any atom is 0.261 e. The maximum absolute atomic E-state index is 11.6. The molecule has 0 aliphatic carbocycles. The topological polar surface area (TPSA) is 54.6 Å². The van der Waals surface area contributed by atoms with Gasteiger partial charge in [0.15, 0.2) is 5.65 Å². The number of aromatic hydroxyl groups is 1. The van der Waals surface area contributed by atoms with Crippen molar-refractivity contribution in [3.8, 4) is 5.88 Å². The van der Waals surface area contributed by atoms with Crippen LogP contribution in [0.3, 0.4) is 0 Å². The summed E-state index contributed by atoms with van der Waals surface area (Å²) in [6, 6.07) is 10.5. The van der Waals surface area contributed by atoms with E-state index < -0.39 is 0 Å². The third-order valence-corrected chi connectivity index (χ3v) is 2.54. The Morgan fingerprint density at radius 1 is 1.19 bits per heavy atom. The summed E-state index contributed by atoms with van der Waals surface area (Å²) in [5, 5.41) is 11.2. The van der Waals surface area contributed by atoms with E-state index >= 15 is 0 Å². The average Bonchev–Trinajstić information content (AvgIpc) is 2.28. The molecule has 4 nitrogen and oxygen atoms in total. The van der Waals surface area contributed by atoms with Crippen LogP contribution in [0.25, 0.3) is 16.4 Å². The van der Waals surface area contributed by atoms with Crippen molar-refractivity contribution in [1.82, 2.24) is 9.38 Å². The largest absolute Gasteiger partial charge is 0.493 e. The Kier molecular flexibility index (Phi) is 1.71. The number of hydrogen-bond donors (Lipinski definition) is 1. The zero-order valence-corrected chi connectivity index (χ0v) is 8.29. The van der Waals surface area contributed by atoms with E-state index in [9.17, 15) is 9.90 Å². The van der Waals surface area contributed by atoms with E-state index in [0.717, 1.165) is 16.8 Å². The third kappa shape index (κ3) is 1.16. The fourth-order valence-electron chi connectivity index (χ4n) is 1.81. The number of benzene rings is 1. The molecule has 1 N–H and O–H groups in total. The summed E-state index contributed by atoms with van der Waals surface area (Å²) in [7, 11) is 0. The zero-order valence-electron chi connectivity index (χ0n) is 8.29. The second kappa shape index (κ2) is 3.06. The standard InChI is InChI=1S/C12H8N2O2/c15-10-7-11(16)14-6-5-8-3-1-2-4-9(8)12(14)13-10/h1-7,15H. The molecule has 0 atom stereocenters. The van der Waals surface area contributed by atoms with Gasteiger partial charge in [-0.3, -0.25) is 9.20 Å². The molecular formula is C12H8N2O2. The average molecular weight is 212 g/mol. The highest BCUT2D eigenvalue weighted by Gasteiger charge is 2.04. The SMILES string of the molecule is O=c1cc(O)nc2c3ccccc3ccn12. The van der Waals surface area contributed by atoms with Gasteiger partial charge in [0.05, 0.1) is 6.07 Å². The van der Waals surface area contributed by atoms with Crippen molar-refractivity contribution in [2.24, 2.45) is 0 Å². The maximum atomic E-state index is 11.6. The molecule has 0 saturated carbocycles. The number of nitrogens with zero attached hydrogens (tertiary/aromatic N) is 2. The van der Waals surface area contributed by atoms with Gasteiger partial charge in [-0.2, -0.15) is 4.98 Å². The van der Waals surface area contributed by atoms with Crippen LogP contribution in [0, 0.1) is 0 Å². The van der Waals surface area contributed by atoms with Gasteiger partial charge < -0.3 is 5.11 Å². The lowest BCUT2D eigenvalue weighted by Crippen LogP contribution is -2.12. The van der Waals surface area contributed by atoms with Crippen LogP contribution in [-0.2, 0) is 0 Å². The minimum absolute atomic E-state index is 0.249. The van der Waals surface area contributed by atoms with Gasteiger partial charge in [-0.1, -0.05) is 24.3 Å². The fraction of sp³-hybridized carbons (Fsp3) is 0. The van der Waals surface area contributed by atoms with Crippen molar-refractivity contribution in [2.45, 2.75) is 0 Å². The summed E-state index contributed by atoms with van der Waals surface area (Å²) >= 11 is 0. The fourth-order valence-corrected chi connectivity index (χ4v) is 1.81. The van der Waals surface area contributed by atoms with E-state index in [4.69, 9.17) is 0 Å². The molecule has 0 spiro atoms. The predicted octanol–water partition coefficient (Wildman–Crippen LogP) is 1.55. The van der Waals surface area contributed by atoms with Crippen molar-refractivity contribution in [2.75, 3.05) is 0 Å². The Hall–Kier alpha value is -2.36. The lowest BCUT2D eigenvalue weighted by atomic mass is 10.2. The van der Waals surface area contributed by atoms with Gasteiger partial charge in [0.25, 0.3) is 5.56 Å². The minimum Gasteiger partial charge on any atom is -0.493 e. The van der Waals surface area contributed by atoms with Gasteiger partial charge >= 0.3 is 0 Å². The van der Waals surface area contributed by atoms with E-state index in [-0.39, 0.29) is 11.4 Å². The first kappa shape index (κ1) is 8.91. The van der Waals surface area contributed by atoms with Crippen LogP contribution in [0.4, 0.5) is 0 Å². The van der Waals surface area contributed by atoms with Crippen LogP contribution in [-0.4, -0.2) is 14.5 Å². The minimum atomic E-state index is -0.284. The molecule has 0 bridgehead atoms. The van der Waals surface area contributed by atoms with E-state index in [1.54, 1.807) is 6.20 Å². The van der Waals surface area contributed by atoms with E-state index in [1.807, 2.05) is 30.3 Å². The van der Waals surface area contributed by atoms with Gasteiger partial charge in [0.1, 0.15) is 0 Å². The van der Waals surface area contributed by atoms with Crippen molar-refractivity contribution < 1.29 is 5.11 Å². The first-order valence-corrected chi connectivity index (χ1v) is 4.86. The second-order valence-electron chi connectivity index (χ2n) is 3.55. The first-order valence-electron chi connectivity index (χ1n) is 4.86. The Morgan fingerprint density at radius 2 is 2.00 bits per heavy atom. The molecule has 0 aliphatic rings. The molecule has 0 amide bonds. The molecule has 0 radical (unpaired) electrons. The Labute approximate surface area is 90.4 Å². The lowest BCUT2D eigenvalue weighted by Gasteiger charge is -2.04. The van der Waals surface area contributed by atoms with Crippen molar-refractivity contribution in [1.29, 1.82) is 0 Å². The van der Waals surface area contributed by atoms with E-state index in [1.165, 1.54) is 4.40 Å². The summed E-state index contributed by atoms with van der Waals surface area (Å²) in [4.78, 5) is 15.6. The number of pyridine rings is 1. The molecule has 3 aromatic rings. The zero-order chi connectivity index (χ0) is 11.1. The van der Waals surface area contributed by atoms with Crippen molar-refractivity contribution >= 4 is 16.4 Å². The summed E-state index contributed by atoms with van der Waals surface area (Å²) in [6.45, 7) is 0. The number of aromatic nitrogens is 2. The highest BCUT2D eigenvalue weighted by molar-refractivity contribution is 5.93. The molecule has 0 unspecified atom stereocenters. The number of hydrogen-bond acceptors (Lipinski definition) is 3. The summed E-state index contributed by atoms with van der Waals surface area (Å²) in [5.74, 6) is -0.249. The quantitative estimate of drug-likeness (QED) is 0.575. The molecule has 78 valence electrons. The van der Waals surface area contributed by atoms with Gasteiger partial charge in [-0.25, -0.2) is 0 Å². The molecule has 2 heterocycles. The molecule has 3 rings (SSSR count). The van der Waals surface area contributed by atoms with Crippen LogP contribution >= 0.6 is 0 Å². The van der Waals surface area contributed by atoms with Gasteiger partial charge in [-0.15, -0.1) is 0 Å². The summed E-state index contributed by atoms with van der Waals surface area (Å²) < 4.78 is 1.42. The smallest absolute Gasteiger partial charge is 0.261 e. The molecule has 2 aromatic heterocycles. The van der Waals surface area contributed by atoms with Crippen LogP contribution in [0.15, 0.2) is 47.4 Å². The van der Waals surface area contributed by atoms with E-state index in [2.05, 4.69) is 4.98 Å². The number of fused-ring (bicyclic) bond motifs is 3. The molecule has 0 fully saturated rings.